The van der Waals surface area contributed by atoms with E-state index in [-0.39, 0.29) is 43.4 Å². The summed E-state index contributed by atoms with van der Waals surface area (Å²) >= 11 is 0. The van der Waals surface area contributed by atoms with Crippen molar-refractivity contribution in [2.24, 2.45) is 11.3 Å². The third-order valence-corrected chi connectivity index (χ3v) is 14.1. The zero-order chi connectivity index (χ0) is 49.1. The van der Waals surface area contributed by atoms with E-state index in [9.17, 15) is 19.2 Å². The number of nitrogens with one attached hydrogen (secondary N) is 2. The van der Waals surface area contributed by atoms with E-state index in [4.69, 9.17) is 19.2 Å². The van der Waals surface area contributed by atoms with E-state index in [0.29, 0.717) is 50.0 Å². The Morgan fingerprint density at radius 3 is 2.52 bits per heavy atom. The number of fused-ring (bicyclic) bond motifs is 6. The quantitative estimate of drug-likeness (QED) is 0.125. The number of rotatable bonds is 11. The highest BCUT2D eigenvalue weighted by atomic mass is 19.1. The van der Waals surface area contributed by atoms with E-state index in [1.165, 1.54) is 9.91 Å². The number of cyclic esters (lactones) is 1. The lowest BCUT2D eigenvalue weighted by atomic mass is 9.84. The predicted molar refractivity (Wildman–Crippen MR) is 263 cm³/mol. The SMILES string of the molecule is CCn1c(-c2cccnc2[C@H](C)OC)c2c3cc(ccc31)-c1cc(CF)cc(c1)C[C@H](NC(=O)[C@H](C(C)C)N(C)C(=O)[C@@H]1OCC[C@@H]1c1ccccc1)C(=O)N1CCC[C@H](N1)C(=O)OCC(C)(C)C2. The van der Waals surface area contributed by atoms with Crippen LogP contribution in [-0.4, -0.2) is 101 Å². The summed E-state index contributed by atoms with van der Waals surface area (Å²) in [6, 6.07) is 22.6. The molecule has 366 valence electrons. The third kappa shape index (κ3) is 10.3. The fourth-order valence-corrected chi connectivity index (χ4v) is 10.6. The first-order valence-corrected chi connectivity index (χ1v) is 24.4. The van der Waals surface area contributed by atoms with Crippen molar-refractivity contribution in [1.82, 2.24) is 30.2 Å². The first-order chi connectivity index (χ1) is 33.1. The lowest BCUT2D eigenvalue weighted by Gasteiger charge is -2.37. The molecule has 5 heterocycles. The second kappa shape index (κ2) is 21.0. The molecule has 6 bridgehead atoms. The van der Waals surface area contributed by atoms with Crippen LogP contribution in [0.3, 0.4) is 0 Å². The first-order valence-electron chi connectivity index (χ1n) is 24.4. The van der Waals surface area contributed by atoms with Crippen molar-refractivity contribution in [3.63, 3.8) is 0 Å². The Kier molecular flexibility index (Phi) is 15.0. The summed E-state index contributed by atoms with van der Waals surface area (Å²) in [5.41, 5.74) is 11.1. The van der Waals surface area contributed by atoms with Gasteiger partial charge in [0.2, 0.25) is 5.91 Å². The Hall–Kier alpha value is -5.96. The van der Waals surface area contributed by atoms with E-state index in [2.05, 4.69) is 54.3 Å². The van der Waals surface area contributed by atoms with Crippen LogP contribution >= 0.6 is 0 Å². The largest absolute Gasteiger partial charge is 0.464 e. The Bertz CT molecular complexity index is 2690. The first kappa shape index (κ1) is 49.5. The number of pyridine rings is 1. The number of hydrazine groups is 1. The standard InChI is InChI=1S/C55H67FN6O7/c1-9-61-46-20-19-38-29-42(46)43(49(61)41-17-13-22-57-47(41)34(4)67-8)30-55(5,6)32-69-54(66)44-18-14-23-62(59-44)52(64)45(28-35-25-36(31-56)27-39(38)26-35)58-51(63)48(33(2)3)60(7)53(65)50-40(21-24-68-50)37-15-11-10-12-16-37/h10-13,15-17,19-20,22,25-27,29,33-34,40,44-45,48,50,59H,9,14,18,21,23-24,28,30-32H2,1-8H3,(H,58,63)/t34-,40+,44-,45-,48-,50+/m0/s1. The minimum atomic E-state index is -1.16. The van der Waals surface area contributed by atoms with Crippen LogP contribution in [-0.2, 0) is 59.4 Å². The molecule has 2 saturated heterocycles. The molecule has 8 rings (SSSR count). The second-order valence-corrected chi connectivity index (χ2v) is 20.1. The maximum absolute atomic E-state index is 15.0. The molecule has 0 unspecified atom stereocenters. The van der Waals surface area contributed by atoms with Gasteiger partial charge in [-0.2, -0.15) is 0 Å². The average molecular weight is 943 g/mol. The molecule has 3 aromatic carbocycles. The summed E-state index contributed by atoms with van der Waals surface area (Å²) in [6.45, 7) is 12.7. The molecule has 2 N–H and O–H groups in total. The molecular weight excluding hydrogens is 876 g/mol. The molecule has 0 spiro atoms. The molecule has 2 aromatic heterocycles. The van der Waals surface area contributed by atoms with Crippen LogP contribution in [0.2, 0.25) is 0 Å². The van der Waals surface area contributed by atoms with Crippen molar-refractivity contribution in [2.45, 2.75) is 123 Å². The molecule has 6 atom stereocenters. The van der Waals surface area contributed by atoms with Gasteiger partial charge in [0, 0.05) is 74.3 Å². The molecule has 3 aliphatic heterocycles. The number of hydrogen-bond acceptors (Lipinski definition) is 9. The number of carbonyl (C=O) groups excluding carboxylic acids is 4. The average Bonchev–Trinajstić information content (AvgIpc) is 3.97. The van der Waals surface area contributed by atoms with Crippen LogP contribution < -0.4 is 10.7 Å². The molecule has 0 radical (unpaired) electrons. The molecular formula is C55H67FN6O7. The number of aryl methyl sites for hydroxylation is 1. The Morgan fingerprint density at radius 1 is 1.01 bits per heavy atom. The van der Waals surface area contributed by atoms with Crippen molar-refractivity contribution in [2.75, 3.05) is 33.9 Å². The number of benzene rings is 3. The number of hydrogen-bond donors (Lipinski definition) is 2. The van der Waals surface area contributed by atoms with Gasteiger partial charge in [-0.15, -0.1) is 0 Å². The Balaban J connectivity index is 1.21. The summed E-state index contributed by atoms with van der Waals surface area (Å²) in [7, 11) is 3.28. The summed E-state index contributed by atoms with van der Waals surface area (Å²) in [6.07, 6.45) is 2.87. The van der Waals surface area contributed by atoms with E-state index in [0.717, 1.165) is 50.1 Å². The monoisotopic (exact) mass is 943 g/mol. The number of likely N-dealkylation sites (N-methyl/N-ethyl adjacent to an activating group) is 1. The zero-order valence-corrected chi connectivity index (χ0v) is 41.2. The number of alkyl halides is 1. The van der Waals surface area contributed by atoms with Gasteiger partial charge in [-0.25, -0.2) is 9.82 Å². The number of amides is 3. The van der Waals surface area contributed by atoms with Gasteiger partial charge in [0.25, 0.3) is 11.8 Å². The van der Waals surface area contributed by atoms with Gasteiger partial charge >= 0.3 is 5.97 Å². The van der Waals surface area contributed by atoms with Gasteiger partial charge in [-0.1, -0.05) is 76.2 Å². The Labute approximate surface area is 405 Å². The zero-order valence-electron chi connectivity index (χ0n) is 41.2. The Morgan fingerprint density at radius 2 is 1.80 bits per heavy atom. The van der Waals surface area contributed by atoms with Gasteiger partial charge in [-0.3, -0.25) is 29.2 Å². The van der Waals surface area contributed by atoms with Crippen LogP contribution in [0.25, 0.3) is 33.3 Å². The van der Waals surface area contributed by atoms with Gasteiger partial charge in [0.15, 0.2) is 0 Å². The number of halogens is 1. The smallest absolute Gasteiger partial charge is 0.324 e. The summed E-state index contributed by atoms with van der Waals surface area (Å²) < 4.78 is 35.3. The van der Waals surface area contributed by atoms with E-state index < -0.39 is 54.1 Å². The number of methoxy groups -OCH3 is 1. The number of carbonyl (C=O) groups is 4. The van der Waals surface area contributed by atoms with Gasteiger partial charge < -0.3 is 29.0 Å². The molecule has 13 nitrogen and oxygen atoms in total. The molecule has 3 aliphatic rings. The normalized spacial score (nSPS) is 21.7. The maximum Gasteiger partial charge on any atom is 0.324 e. The molecule has 5 aromatic rings. The van der Waals surface area contributed by atoms with Crippen molar-refractivity contribution in [1.29, 1.82) is 0 Å². The van der Waals surface area contributed by atoms with Gasteiger partial charge in [0.1, 0.15) is 30.9 Å². The minimum Gasteiger partial charge on any atom is -0.464 e. The molecule has 3 amide bonds. The lowest BCUT2D eigenvalue weighted by Crippen LogP contribution is -2.62. The highest BCUT2D eigenvalue weighted by Gasteiger charge is 2.42. The van der Waals surface area contributed by atoms with Crippen molar-refractivity contribution < 1.29 is 37.8 Å². The highest BCUT2D eigenvalue weighted by molar-refractivity contribution is 5.96. The molecule has 69 heavy (non-hydrogen) atoms. The van der Waals surface area contributed by atoms with Crippen LogP contribution in [0, 0.1) is 11.3 Å². The maximum atomic E-state index is 15.0. The second-order valence-electron chi connectivity index (χ2n) is 20.1. The molecule has 14 heteroatoms. The summed E-state index contributed by atoms with van der Waals surface area (Å²) in [5.74, 6) is -2.30. The fourth-order valence-electron chi connectivity index (χ4n) is 10.6. The van der Waals surface area contributed by atoms with E-state index in [1.807, 2.05) is 75.4 Å². The van der Waals surface area contributed by atoms with E-state index in [1.54, 1.807) is 26.4 Å². The minimum absolute atomic E-state index is 0.00249. The van der Waals surface area contributed by atoms with Crippen molar-refractivity contribution in [3.8, 4) is 22.4 Å². The van der Waals surface area contributed by atoms with Crippen LogP contribution in [0.1, 0.15) is 101 Å². The number of nitrogens with zero attached hydrogens (tertiary/aromatic N) is 4. The topological polar surface area (TPSA) is 144 Å². The third-order valence-electron chi connectivity index (χ3n) is 14.1. The van der Waals surface area contributed by atoms with E-state index >= 15 is 4.39 Å². The fraction of sp³-hybridized carbons (Fsp3) is 0.473. The van der Waals surface area contributed by atoms with Crippen molar-refractivity contribution in [3.05, 3.63) is 113 Å². The summed E-state index contributed by atoms with van der Waals surface area (Å²) in [4.78, 5) is 64.1. The lowest BCUT2D eigenvalue weighted by molar-refractivity contribution is -0.155. The number of aromatic nitrogens is 2. The van der Waals surface area contributed by atoms with Gasteiger partial charge in [0.05, 0.1) is 24.1 Å². The van der Waals surface area contributed by atoms with Gasteiger partial charge in [-0.05, 0) is 109 Å². The number of ether oxygens (including phenoxy) is 3. The molecule has 0 saturated carbocycles. The van der Waals surface area contributed by atoms with Crippen LogP contribution in [0.4, 0.5) is 4.39 Å². The van der Waals surface area contributed by atoms with Crippen LogP contribution in [0.15, 0.2) is 85.1 Å². The number of esters is 1. The highest BCUT2D eigenvalue weighted by Crippen LogP contribution is 2.42. The van der Waals surface area contributed by atoms with Crippen molar-refractivity contribution >= 4 is 34.6 Å². The van der Waals surface area contributed by atoms with Crippen LogP contribution in [0.5, 0.6) is 0 Å². The molecule has 0 aliphatic carbocycles. The molecule has 2 fully saturated rings. The predicted octanol–water partition coefficient (Wildman–Crippen LogP) is 8.27. The summed E-state index contributed by atoms with van der Waals surface area (Å²) in [5, 5.41) is 5.45.